The highest BCUT2D eigenvalue weighted by atomic mass is 16.5. The number of anilines is 3. The number of nitrogens with one attached hydrogen (secondary N) is 1. The van der Waals surface area contributed by atoms with Crippen molar-refractivity contribution >= 4 is 17.8 Å². The summed E-state index contributed by atoms with van der Waals surface area (Å²) in [6.45, 7) is 0. The number of nitrogens with two attached hydrogens (primary N) is 1. The third kappa shape index (κ3) is 2.79. The van der Waals surface area contributed by atoms with E-state index < -0.39 is 0 Å². The summed E-state index contributed by atoms with van der Waals surface area (Å²) in [4.78, 5) is 14.3. The summed E-state index contributed by atoms with van der Waals surface area (Å²) in [5.74, 6) is 1.29. The van der Waals surface area contributed by atoms with Gasteiger partial charge in [-0.15, -0.1) is 0 Å². The smallest absolute Gasteiger partial charge is 0.231 e. The standard InChI is InChI=1S/C11H20N6O/c1-17(2)11-15-9(12)14-10(16-11)13-7-5-4-6-8(7)18-3/h7-8H,4-6H2,1-3H3,(H3,12,13,14,15,16). The number of hydrogen-bond acceptors (Lipinski definition) is 7. The van der Waals surface area contributed by atoms with Crippen molar-refractivity contribution in [1.82, 2.24) is 15.0 Å². The number of rotatable bonds is 4. The van der Waals surface area contributed by atoms with Crippen LogP contribution in [-0.4, -0.2) is 48.3 Å². The van der Waals surface area contributed by atoms with Crippen molar-refractivity contribution in [2.45, 2.75) is 31.4 Å². The van der Waals surface area contributed by atoms with Gasteiger partial charge in [0.1, 0.15) is 0 Å². The van der Waals surface area contributed by atoms with Gasteiger partial charge in [-0.05, 0) is 19.3 Å². The van der Waals surface area contributed by atoms with E-state index in [0.717, 1.165) is 19.3 Å². The van der Waals surface area contributed by atoms with Crippen LogP contribution in [0.15, 0.2) is 0 Å². The van der Waals surface area contributed by atoms with Gasteiger partial charge >= 0.3 is 0 Å². The molecule has 0 aliphatic heterocycles. The fourth-order valence-corrected chi connectivity index (χ4v) is 2.18. The molecule has 1 saturated carbocycles. The van der Waals surface area contributed by atoms with Gasteiger partial charge in [0, 0.05) is 21.2 Å². The Morgan fingerprint density at radius 1 is 1.28 bits per heavy atom. The number of nitrogens with zero attached hydrogens (tertiary/aromatic N) is 4. The molecule has 18 heavy (non-hydrogen) atoms. The van der Waals surface area contributed by atoms with Gasteiger partial charge in [0.05, 0.1) is 12.1 Å². The number of ether oxygens (including phenoxy) is 1. The largest absolute Gasteiger partial charge is 0.379 e. The molecule has 1 aromatic heterocycles. The van der Waals surface area contributed by atoms with Crippen LogP contribution in [0.4, 0.5) is 17.8 Å². The predicted octanol–water partition coefficient (Wildman–Crippen LogP) is 0.499. The molecule has 3 N–H and O–H groups in total. The Balaban J connectivity index is 2.13. The van der Waals surface area contributed by atoms with Crippen LogP contribution in [0.2, 0.25) is 0 Å². The Kier molecular flexibility index (Phi) is 3.81. The van der Waals surface area contributed by atoms with Crippen molar-refractivity contribution in [2.75, 3.05) is 37.2 Å². The van der Waals surface area contributed by atoms with Crippen LogP contribution in [0.1, 0.15) is 19.3 Å². The van der Waals surface area contributed by atoms with Gasteiger partial charge in [0.25, 0.3) is 0 Å². The van der Waals surface area contributed by atoms with E-state index in [-0.39, 0.29) is 18.1 Å². The van der Waals surface area contributed by atoms with E-state index in [1.54, 1.807) is 12.0 Å². The Morgan fingerprint density at radius 3 is 2.72 bits per heavy atom. The average molecular weight is 252 g/mol. The Morgan fingerprint density at radius 2 is 2.06 bits per heavy atom. The van der Waals surface area contributed by atoms with Gasteiger partial charge in [-0.2, -0.15) is 15.0 Å². The lowest BCUT2D eigenvalue weighted by Crippen LogP contribution is -2.31. The maximum absolute atomic E-state index is 5.68. The zero-order chi connectivity index (χ0) is 13.1. The second-order valence-corrected chi connectivity index (χ2v) is 4.67. The molecule has 1 heterocycles. The summed E-state index contributed by atoms with van der Waals surface area (Å²) >= 11 is 0. The molecule has 0 bridgehead atoms. The van der Waals surface area contributed by atoms with Crippen molar-refractivity contribution in [3.63, 3.8) is 0 Å². The first-order valence-electron chi connectivity index (χ1n) is 6.08. The molecule has 2 unspecified atom stereocenters. The maximum atomic E-state index is 5.68. The summed E-state index contributed by atoms with van der Waals surface area (Å²) in [5.41, 5.74) is 5.68. The lowest BCUT2D eigenvalue weighted by atomic mass is 10.2. The van der Waals surface area contributed by atoms with Crippen LogP contribution in [-0.2, 0) is 4.74 Å². The van der Waals surface area contributed by atoms with Crippen LogP contribution in [0.3, 0.4) is 0 Å². The van der Waals surface area contributed by atoms with Gasteiger partial charge in [0.2, 0.25) is 17.8 Å². The fraction of sp³-hybridized carbons (Fsp3) is 0.727. The van der Waals surface area contributed by atoms with Crippen LogP contribution < -0.4 is 16.0 Å². The third-order valence-electron chi connectivity index (χ3n) is 3.11. The molecule has 0 spiro atoms. The number of methoxy groups -OCH3 is 1. The third-order valence-corrected chi connectivity index (χ3v) is 3.11. The minimum Gasteiger partial charge on any atom is -0.379 e. The van der Waals surface area contributed by atoms with Crippen LogP contribution in [0.25, 0.3) is 0 Å². The molecular formula is C11H20N6O. The van der Waals surface area contributed by atoms with E-state index in [4.69, 9.17) is 10.5 Å². The van der Waals surface area contributed by atoms with E-state index in [0.29, 0.717) is 11.9 Å². The van der Waals surface area contributed by atoms with Crippen molar-refractivity contribution < 1.29 is 4.74 Å². The number of nitrogen functional groups attached to an aromatic ring is 1. The van der Waals surface area contributed by atoms with E-state index in [9.17, 15) is 0 Å². The minimum atomic E-state index is 0.214. The predicted molar refractivity (Wildman–Crippen MR) is 70.6 cm³/mol. The monoisotopic (exact) mass is 252 g/mol. The summed E-state index contributed by atoms with van der Waals surface area (Å²) in [7, 11) is 5.47. The molecule has 0 amide bonds. The van der Waals surface area contributed by atoms with Crippen molar-refractivity contribution in [2.24, 2.45) is 0 Å². The highest BCUT2D eigenvalue weighted by molar-refractivity contribution is 5.41. The molecule has 100 valence electrons. The Bertz CT molecular complexity index is 411. The lowest BCUT2D eigenvalue weighted by molar-refractivity contribution is 0.101. The van der Waals surface area contributed by atoms with E-state index >= 15 is 0 Å². The quantitative estimate of drug-likeness (QED) is 0.806. The molecule has 1 aliphatic rings. The minimum absolute atomic E-state index is 0.214. The van der Waals surface area contributed by atoms with Gasteiger partial charge in [-0.1, -0.05) is 0 Å². The summed E-state index contributed by atoms with van der Waals surface area (Å²) in [5, 5.41) is 3.28. The molecule has 1 fully saturated rings. The molecule has 1 aliphatic carbocycles. The Hall–Kier alpha value is -1.63. The lowest BCUT2D eigenvalue weighted by Gasteiger charge is -2.20. The fourth-order valence-electron chi connectivity index (χ4n) is 2.18. The van der Waals surface area contributed by atoms with Gasteiger partial charge < -0.3 is 20.7 Å². The zero-order valence-electron chi connectivity index (χ0n) is 11.1. The molecule has 0 radical (unpaired) electrons. The molecule has 2 atom stereocenters. The molecular weight excluding hydrogens is 232 g/mol. The Labute approximate surface area is 107 Å². The normalized spacial score (nSPS) is 23.1. The van der Waals surface area contributed by atoms with E-state index in [1.807, 2.05) is 14.1 Å². The summed E-state index contributed by atoms with van der Waals surface area (Å²) < 4.78 is 5.43. The molecule has 7 nitrogen and oxygen atoms in total. The van der Waals surface area contributed by atoms with Crippen LogP contribution in [0, 0.1) is 0 Å². The van der Waals surface area contributed by atoms with Crippen LogP contribution in [0.5, 0.6) is 0 Å². The maximum Gasteiger partial charge on any atom is 0.231 e. The SMILES string of the molecule is COC1CCCC1Nc1nc(N)nc(N(C)C)n1. The van der Waals surface area contributed by atoms with E-state index in [2.05, 4.69) is 20.3 Å². The number of hydrogen-bond donors (Lipinski definition) is 2. The second kappa shape index (κ2) is 5.34. The van der Waals surface area contributed by atoms with E-state index in [1.165, 1.54) is 0 Å². The molecule has 1 aromatic rings. The van der Waals surface area contributed by atoms with Gasteiger partial charge in [-0.25, -0.2) is 0 Å². The molecule has 0 aromatic carbocycles. The average Bonchev–Trinajstić information content (AvgIpc) is 2.75. The first-order valence-corrected chi connectivity index (χ1v) is 6.08. The molecule has 0 saturated heterocycles. The summed E-state index contributed by atoms with van der Waals surface area (Å²) in [6, 6.07) is 0.242. The van der Waals surface area contributed by atoms with Crippen molar-refractivity contribution in [3.05, 3.63) is 0 Å². The van der Waals surface area contributed by atoms with Crippen molar-refractivity contribution in [1.29, 1.82) is 0 Å². The first-order chi connectivity index (χ1) is 8.60. The van der Waals surface area contributed by atoms with Gasteiger partial charge in [0.15, 0.2) is 0 Å². The first kappa shape index (κ1) is 12.8. The second-order valence-electron chi connectivity index (χ2n) is 4.67. The molecule has 7 heteroatoms. The highest BCUT2D eigenvalue weighted by Gasteiger charge is 2.27. The van der Waals surface area contributed by atoms with Crippen LogP contribution >= 0.6 is 0 Å². The molecule has 2 rings (SSSR count). The summed E-state index contributed by atoms with van der Waals surface area (Å²) in [6.07, 6.45) is 3.49. The van der Waals surface area contributed by atoms with Crippen molar-refractivity contribution in [3.8, 4) is 0 Å². The topological polar surface area (TPSA) is 89.2 Å². The van der Waals surface area contributed by atoms with Gasteiger partial charge in [-0.3, -0.25) is 0 Å². The number of aromatic nitrogens is 3. The zero-order valence-corrected chi connectivity index (χ0v) is 11.1. The highest BCUT2D eigenvalue weighted by Crippen LogP contribution is 2.24.